The van der Waals surface area contributed by atoms with E-state index in [0.29, 0.717) is 14.7 Å². The smallest absolute Gasteiger partial charge is 0.0855 e. The van der Waals surface area contributed by atoms with E-state index in [1.54, 1.807) is 0 Å². The molecule has 0 saturated carbocycles. The Bertz CT molecular complexity index is 51.7. The Balaban J connectivity index is 2.12. The molecule has 1 heterocycles. The summed E-state index contributed by atoms with van der Waals surface area (Å²) in [5.41, 5.74) is 0. The van der Waals surface area contributed by atoms with E-state index in [0.717, 1.165) is 6.61 Å². The topological polar surface area (TPSA) is 18.5 Å². The third-order valence-electron chi connectivity index (χ3n) is 0.902. The summed E-state index contributed by atoms with van der Waals surface area (Å²) in [5, 5.41) is 0. The maximum absolute atomic E-state index is 4.69. The van der Waals surface area contributed by atoms with Gasteiger partial charge in [0.1, 0.15) is 0 Å². The van der Waals surface area contributed by atoms with Crippen molar-refractivity contribution in [3.63, 3.8) is 0 Å². The van der Waals surface area contributed by atoms with E-state index in [1.165, 1.54) is 6.16 Å². The van der Waals surface area contributed by atoms with Crippen LogP contribution in [-0.4, -0.2) is 12.8 Å². The minimum absolute atomic E-state index is 0.560. The molecule has 0 amide bonds. The van der Waals surface area contributed by atoms with Crippen LogP contribution in [0.4, 0.5) is 0 Å². The molecule has 0 N–H and O–H groups in total. The lowest BCUT2D eigenvalue weighted by atomic mass is 10.2. The van der Waals surface area contributed by atoms with Crippen LogP contribution in [0.25, 0.3) is 0 Å². The van der Waals surface area contributed by atoms with Gasteiger partial charge in [-0.3, -0.25) is 0 Å². The van der Waals surface area contributed by atoms with Crippen molar-refractivity contribution in [2.75, 3.05) is 12.8 Å². The van der Waals surface area contributed by atoms with Crippen LogP contribution in [0, 0.1) is 5.92 Å². The van der Waals surface area contributed by atoms with Gasteiger partial charge in [0.05, 0.1) is 15.4 Å². The van der Waals surface area contributed by atoms with Crippen molar-refractivity contribution in [1.29, 1.82) is 0 Å². The first-order valence-electron chi connectivity index (χ1n) is 2.41. The average Bonchev–Trinajstić information content (AvgIpc) is 1.69. The summed E-state index contributed by atoms with van der Waals surface area (Å²) in [5.74, 6) is 0.701. The summed E-state index contributed by atoms with van der Waals surface area (Å²) in [4.78, 5) is 4.69. The molecule has 0 aliphatic carbocycles. The van der Waals surface area contributed by atoms with Crippen molar-refractivity contribution in [3.05, 3.63) is 0 Å². The average molecular weight is 120 g/mol. The van der Waals surface area contributed by atoms with E-state index in [9.17, 15) is 0 Å². The molecular weight excluding hydrogens is 111 g/mol. The standard InChI is InChI=1S/C4H9O2P/c1-4-2-5-6-7-3-4/h4,7H,2-3H2,1H3. The second kappa shape index (κ2) is 2.61. The maximum atomic E-state index is 4.69. The molecule has 0 radical (unpaired) electrons. The van der Waals surface area contributed by atoms with Crippen LogP contribution in [0.3, 0.4) is 0 Å². The highest BCUT2D eigenvalue weighted by Crippen LogP contribution is 2.22. The molecule has 0 aromatic carbocycles. The van der Waals surface area contributed by atoms with Gasteiger partial charge < -0.3 is 0 Å². The Kier molecular flexibility index (Phi) is 2.04. The zero-order valence-corrected chi connectivity index (χ0v) is 5.31. The van der Waals surface area contributed by atoms with Gasteiger partial charge in [0, 0.05) is 0 Å². The largest absolute Gasteiger partial charge is 0.233 e. The Morgan fingerprint density at radius 3 is 2.86 bits per heavy atom. The van der Waals surface area contributed by atoms with E-state index in [-0.39, 0.29) is 0 Å². The number of rotatable bonds is 0. The minimum atomic E-state index is 0.560. The normalized spacial score (nSPS) is 36.4. The van der Waals surface area contributed by atoms with Crippen molar-refractivity contribution in [1.82, 2.24) is 0 Å². The minimum Gasteiger partial charge on any atom is -0.233 e. The zero-order valence-electron chi connectivity index (χ0n) is 4.31. The molecule has 7 heavy (non-hydrogen) atoms. The van der Waals surface area contributed by atoms with E-state index in [4.69, 9.17) is 4.89 Å². The van der Waals surface area contributed by atoms with Gasteiger partial charge in [0.15, 0.2) is 0 Å². The van der Waals surface area contributed by atoms with E-state index >= 15 is 0 Å². The first-order valence-corrected chi connectivity index (χ1v) is 3.52. The molecule has 1 aliphatic heterocycles. The van der Waals surface area contributed by atoms with Gasteiger partial charge in [-0.2, -0.15) is 0 Å². The van der Waals surface area contributed by atoms with E-state index < -0.39 is 0 Å². The molecule has 1 rings (SSSR count). The van der Waals surface area contributed by atoms with Crippen LogP contribution in [0.1, 0.15) is 6.92 Å². The van der Waals surface area contributed by atoms with Crippen LogP contribution in [0.2, 0.25) is 0 Å². The molecule has 0 aromatic heterocycles. The Hall–Kier alpha value is 0.350. The van der Waals surface area contributed by atoms with Gasteiger partial charge in [0.25, 0.3) is 0 Å². The lowest BCUT2D eigenvalue weighted by Crippen LogP contribution is -2.11. The van der Waals surface area contributed by atoms with Gasteiger partial charge in [0.2, 0.25) is 0 Å². The quantitative estimate of drug-likeness (QED) is 0.353. The highest BCUT2D eigenvalue weighted by atomic mass is 31.1. The zero-order chi connectivity index (χ0) is 5.11. The second-order valence-electron chi connectivity index (χ2n) is 1.82. The molecule has 2 unspecified atom stereocenters. The van der Waals surface area contributed by atoms with Crippen LogP contribution >= 0.6 is 8.81 Å². The van der Waals surface area contributed by atoms with Gasteiger partial charge in [-0.15, -0.1) is 0 Å². The van der Waals surface area contributed by atoms with Crippen LogP contribution in [0.15, 0.2) is 0 Å². The molecule has 0 bridgehead atoms. The van der Waals surface area contributed by atoms with Gasteiger partial charge in [-0.25, -0.2) is 9.56 Å². The van der Waals surface area contributed by atoms with Crippen LogP contribution < -0.4 is 0 Å². The summed E-state index contributed by atoms with van der Waals surface area (Å²) >= 11 is 0. The lowest BCUT2D eigenvalue weighted by Gasteiger charge is -2.15. The Morgan fingerprint density at radius 1 is 1.71 bits per heavy atom. The molecule has 0 aromatic rings. The summed E-state index contributed by atoms with van der Waals surface area (Å²) in [7, 11) is 0.560. The third kappa shape index (κ3) is 1.72. The van der Waals surface area contributed by atoms with Crippen LogP contribution in [-0.2, 0) is 9.56 Å². The molecule has 1 saturated heterocycles. The van der Waals surface area contributed by atoms with Crippen molar-refractivity contribution in [2.45, 2.75) is 6.92 Å². The molecule has 1 fully saturated rings. The summed E-state index contributed by atoms with van der Waals surface area (Å²) < 4.78 is 4.67. The fourth-order valence-corrected chi connectivity index (χ4v) is 1.05. The predicted octanol–water partition coefficient (Wildman–Crippen LogP) is 1.18. The van der Waals surface area contributed by atoms with Gasteiger partial charge in [-0.05, 0) is 12.1 Å². The molecule has 0 spiro atoms. The SMILES string of the molecule is CC1COOPC1. The van der Waals surface area contributed by atoms with Crippen LogP contribution in [0.5, 0.6) is 0 Å². The highest BCUT2D eigenvalue weighted by Gasteiger charge is 2.07. The second-order valence-corrected chi connectivity index (χ2v) is 2.69. The Labute approximate surface area is 45.0 Å². The fraction of sp³-hybridized carbons (Fsp3) is 1.00. The van der Waals surface area contributed by atoms with Crippen molar-refractivity contribution < 1.29 is 9.56 Å². The predicted molar refractivity (Wildman–Crippen MR) is 29.4 cm³/mol. The first-order chi connectivity index (χ1) is 3.39. The maximum Gasteiger partial charge on any atom is 0.0855 e. The first kappa shape index (κ1) is 5.49. The van der Waals surface area contributed by atoms with Crippen molar-refractivity contribution in [2.24, 2.45) is 5.92 Å². The molecular formula is C4H9O2P. The van der Waals surface area contributed by atoms with Crippen molar-refractivity contribution >= 4 is 8.81 Å². The fourth-order valence-electron chi connectivity index (χ4n) is 0.427. The molecule has 3 heteroatoms. The molecule has 2 nitrogen and oxygen atoms in total. The third-order valence-corrected chi connectivity index (χ3v) is 2.00. The highest BCUT2D eigenvalue weighted by molar-refractivity contribution is 7.32. The molecule has 42 valence electrons. The molecule has 2 atom stereocenters. The van der Waals surface area contributed by atoms with Gasteiger partial charge >= 0.3 is 0 Å². The summed E-state index contributed by atoms with van der Waals surface area (Å²) in [6, 6.07) is 0. The van der Waals surface area contributed by atoms with E-state index in [2.05, 4.69) is 11.6 Å². The summed E-state index contributed by atoms with van der Waals surface area (Å²) in [6.07, 6.45) is 1.17. The van der Waals surface area contributed by atoms with Crippen molar-refractivity contribution in [3.8, 4) is 0 Å². The van der Waals surface area contributed by atoms with Gasteiger partial charge in [-0.1, -0.05) is 6.92 Å². The molecule has 1 aliphatic rings. The number of hydrogen-bond acceptors (Lipinski definition) is 2. The monoisotopic (exact) mass is 120 g/mol. The van der Waals surface area contributed by atoms with E-state index in [1.807, 2.05) is 0 Å². The summed E-state index contributed by atoms with van der Waals surface area (Å²) in [6.45, 7) is 2.93. The lowest BCUT2D eigenvalue weighted by molar-refractivity contribution is -0.212. The number of hydrogen-bond donors (Lipinski definition) is 0. The Morgan fingerprint density at radius 2 is 2.57 bits per heavy atom.